The molecular weight excluding hydrogens is 488 g/mol. The van der Waals surface area contributed by atoms with E-state index in [-0.39, 0.29) is 23.9 Å². The molecule has 37 heavy (non-hydrogen) atoms. The zero-order chi connectivity index (χ0) is 26.5. The van der Waals surface area contributed by atoms with Crippen molar-refractivity contribution >= 4 is 0 Å². The molecule has 2 aromatic carbocycles. The molecule has 4 rings (SSSR count). The molecule has 5 atom stereocenters. The van der Waals surface area contributed by atoms with Gasteiger partial charge >= 0.3 is 0 Å². The number of fused-ring (bicyclic) bond motifs is 1. The normalized spacial score (nSPS) is 21.6. The molecule has 0 spiro atoms. The van der Waals surface area contributed by atoms with Crippen molar-refractivity contribution in [2.45, 2.75) is 43.7 Å². The predicted molar refractivity (Wildman–Crippen MR) is 129 cm³/mol. The number of ether oxygens (including phenoxy) is 7. The molecule has 11 nitrogen and oxygen atoms in total. The van der Waals surface area contributed by atoms with Crippen molar-refractivity contribution in [3.63, 3.8) is 0 Å². The number of aryl methyl sites for hydroxylation is 1. The lowest BCUT2D eigenvalue weighted by molar-refractivity contribution is -0.159. The molecule has 2 aliphatic heterocycles. The van der Waals surface area contributed by atoms with Gasteiger partial charge in [0.15, 0.2) is 34.9 Å². The summed E-state index contributed by atoms with van der Waals surface area (Å²) in [5.74, 6) is 2.08. The van der Waals surface area contributed by atoms with Crippen molar-refractivity contribution < 1.29 is 53.6 Å². The van der Waals surface area contributed by atoms with E-state index in [1.807, 2.05) is 0 Å². The number of hydrogen-bond acceptors (Lipinski definition) is 11. The Kier molecular flexibility index (Phi) is 8.62. The van der Waals surface area contributed by atoms with Crippen molar-refractivity contribution in [1.29, 1.82) is 0 Å². The zero-order valence-electron chi connectivity index (χ0n) is 20.8. The van der Waals surface area contributed by atoms with Crippen LogP contribution in [0.4, 0.5) is 0 Å². The number of aliphatic hydroxyl groups excluding tert-OH is 4. The largest absolute Gasteiger partial charge is 0.493 e. The van der Waals surface area contributed by atoms with Crippen LogP contribution in [0.5, 0.6) is 28.7 Å². The third-order valence-corrected chi connectivity index (χ3v) is 6.01. The van der Waals surface area contributed by atoms with Crippen molar-refractivity contribution in [2.75, 3.05) is 34.5 Å². The lowest BCUT2D eigenvalue weighted by Crippen LogP contribution is -2.36. The van der Waals surface area contributed by atoms with Crippen LogP contribution in [0, 0.1) is 0 Å². The van der Waals surface area contributed by atoms with Gasteiger partial charge in [0.25, 0.3) is 6.29 Å². The number of aliphatic hydroxyl groups is 4. The maximum absolute atomic E-state index is 11.1. The SMILES string of the molecule is COc1cc(C(O)C(CO)Oc2c(OC)cc(CCCO)cc2OC)ccc1OC1OC2OC2=CC1O. The van der Waals surface area contributed by atoms with Gasteiger partial charge in [-0.3, -0.25) is 4.74 Å². The second kappa shape index (κ2) is 11.9. The highest BCUT2D eigenvalue weighted by molar-refractivity contribution is 5.54. The van der Waals surface area contributed by atoms with Gasteiger partial charge in [-0.05, 0) is 54.3 Å². The Labute approximate surface area is 214 Å². The molecular formula is C26H32O11. The monoisotopic (exact) mass is 520 g/mol. The third-order valence-electron chi connectivity index (χ3n) is 6.01. The van der Waals surface area contributed by atoms with E-state index < -0.39 is 37.5 Å². The molecule has 0 amide bonds. The van der Waals surface area contributed by atoms with Gasteiger partial charge in [0.1, 0.15) is 12.2 Å². The Morgan fingerprint density at radius 2 is 1.65 bits per heavy atom. The first kappa shape index (κ1) is 26.8. The summed E-state index contributed by atoms with van der Waals surface area (Å²) in [5, 5.41) is 40.4. The minimum atomic E-state index is -1.27. The maximum Gasteiger partial charge on any atom is 0.261 e. The van der Waals surface area contributed by atoms with Crippen molar-refractivity contribution in [3.05, 3.63) is 53.3 Å². The summed E-state index contributed by atoms with van der Waals surface area (Å²) in [6.45, 7) is -0.464. The van der Waals surface area contributed by atoms with Crippen molar-refractivity contribution in [3.8, 4) is 28.7 Å². The molecule has 0 aliphatic carbocycles. The zero-order valence-corrected chi connectivity index (χ0v) is 20.8. The van der Waals surface area contributed by atoms with Gasteiger partial charge in [-0.2, -0.15) is 0 Å². The standard InChI is InChI=1S/C26H32O11/c1-31-18-11-15(6-7-17(18)35-25-16(29)12-21-26(36-21)37-25)23(30)22(13-28)34-24-19(32-2)9-14(5-4-8-27)10-20(24)33-3/h6-7,9-12,16,22-23,25-30H,4-5,8,13H2,1-3H3. The minimum absolute atomic E-state index is 0.0517. The van der Waals surface area contributed by atoms with Crippen LogP contribution < -0.4 is 23.7 Å². The molecule has 2 heterocycles. The second-order valence-electron chi connectivity index (χ2n) is 8.48. The minimum Gasteiger partial charge on any atom is -0.493 e. The molecule has 4 N–H and O–H groups in total. The first-order chi connectivity index (χ1) is 17.9. The third kappa shape index (κ3) is 6.03. The lowest BCUT2D eigenvalue weighted by atomic mass is 10.0. The average molecular weight is 521 g/mol. The highest BCUT2D eigenvalue weighted by Gasteiger charge is 2.44. The van der Waals surface area contributed by atoms with E-state index in [1.165, 1.54) is 27.4 Å². The number of rotatable bonds is 13. The highest BCUT2D eigenvalue weighted by atomic mass is 16.8. The Balaban J connectivity index is 1.52. The maximum atomic E-state index is 11.1. The second-order valence-corrected chi connectivity index (χ2v) is 8.48. The van der Waals surface area contributed by atoms with Gasteiger partial charge in [0.05, 0.1) is 27.9 Å². The first-order valence-electron chi connectivity index (χ1n) is 11.8. The molecule has 0 bridgehead atoms. The number of methoxy groups -OCH3 is 3. The Hall–Kier alpha value is -3.22. The molecule has 2 aromatic rings. The van der Waals surface area contributed by atoms with E-state index in [0.717, 1.165) is 5.56 Å². The van der Waals surface area contributed by atoms with E-state index in [9.17, 15) is 15.3 Å². The van der Waals surface area contributed by atoms with Crippen LogP contribution in [0.25, 0.3) is 0 Å². The summed E-state index contributed by atoms with van der Waals surface area (Å²) >= 11 is 0. The summed E-state index contributed by atoms with van der Waals surface area (Å²) in [6, 6.07) is 8.21. The summed E-state index contributed by atoms with van der Waals surface area (Å²) in [7, 11) is 4.39. The topological polar surface area (TPSA) is 149 Å². The van der Waals surface area contributed by atoms with Crippen LogP contribution in [0.3, 0.4) is 0 Å². The van der Waals surface area contributed by atoms with Gasteiger partial charge in [0.2, 0.25) is 12.0 Å². The van der Waals surface area contributed by atoms with Gasteiger partial charge in [-0.1, -0.05) is 6.07 Å². The number of benzene rings is 2. The van der Waals surface area contributed by atoms with Crippen molar-refractivity contribution in [2.24, 2.45) is 0 Å². The number of epoxide rings is 1. The van der Waals surface area contributed by atoms with Crippen molar-refractivity contribution in [1.82, 2.24) is 0 Å². The molecule has 0 radical (unpaired) electrons. The fourth-order valence-electron chi connectivity index (χ4n) is 3.99. The molecule has 0 saturated carbocycles. The van der Waals surface area contributed by atoms with Gasteiger partial charge in [-0.25, -0.2) is 0 Å². The molecule has 0 aromatic heterocycles. The van der Waals surface area contributed by atoms with E-state index in [2.05, 4.69) is 0 Å². The Morgan fingerprint density at radius 3 is 2.27 bits per heavy atom. The van der Waals surface area contributed by atoms with Crippen LogP contribution in [0.1, 0.15) is 23.7 Å². The van der Waals surface area contributed by atoms with E-state index in [1.54, 1.807) is 30.3 Å². The Morgan fingerprint density at radius 1 is 0.946 bits per heavy atom. The first-order valence-corrected chi connectivity index (χ1v) is 11.8. The van der Waals surface area contributed by atoms with Gasteiger partial charge in [-0.15, -0.1) is 0 Å². The van der Waals surface area contributed by atoms with E-state index >= 15 is 0 Å². The van der Waals surface area contributed by atoms with E-state index in [4.69, 9.17) is 38.3 Å². The fourth-order valence-corrected chi connectivity index (χ4v) is 3.99. The van der Waals surface area contributed by atoms with Gasteiger partial charge < -0.3 is 48.8 Å². The smallest absolute Gasteiger partial charge is 0.261 e. The molecule has 2 aliphatic rings. The molecule has 11 heteroatoms. The Bertz CT molecular complexity index is 1080. The fraction of sp³-hybridized carbons (Fsp3) is 0.462. The summed E-state index contributed by atoms with van der Waals surface area (Å²) < 4.78 is 38.8. The quantitative estimate of drug-likeness (QED) is 0.284. The van der Waals surface area contributed by atoms with Gasteiger partial charge in [0, 0.05) is 6.61 Å². The van der Waals surface area contributed by atoms with Crippen LogP contribution in [0.2, 0.25) is 0 Å². The number of hydrogen-bond donors (Lipinski definition) is 4. The summed E-state index contributed by atoms with van der Waals surface area (Å²) in [6.07, 6.45) is -2.16. The van der Waals surface area contributed by atoms with Crippen LogP contribution in [0.15, 0.2) is 42.2 Å². The van der Waals surface area contributed by atoms with Crippen LogP contribution in [-0.4, -0.2) is 79.8 Å². The highest BCUT2D eigenvalue weighted by Crippen LogP contribution is 2.42. The molecule has 5 unspecified atom stereocenters. The van der Waals surface area contributed by atoms with E-state index in [0.29, 0.717) is 35.7 Å². The summed E-state index contributed by atoms with van der Waals surface area (Å²) in [4.78, 5) is 0. The molecule has 202 valence electrons. The predicted octanol–water partition coefficient (Wildman–Crippen LogP) is 1.45. The summed E-state index contributed by atoms with van der Waals surface area (Å²) in [5.41, 5.74) is 1.27. The molecule has 1 fully saturated rings. The van der Waals surface area contributed by atoms with Crippen LogP contribution >= 0.6 is 0 Å². The molecule has 1 saturated heterocycles. The van der Waals surface area contributed by atoms with Crippen LogP contribution in [-0.2, 0) is 15.9 Å². The lowest BCUT2D eigenvalue weighted by Gasteiger charge is -2.26. The average Bonchev–Trinajstić information content (AvgIpc) is 3.68.